The van der Waals surface area contributed by atoms with Crippen LogP contribution in [0.5, 0.6) is 0 Å². The van der Waals surface area contributed by atoms with Crippen molar-refractivity contribution in [3.8, 4) is 0 Å². The highest BCUT2D eigenvalue weighted by atomic mass is 32.2. The number of H-pyrrole nitrogens is 1. The maximum absolute atomic E-state index is 12.2. The van der Waals surface area contributed by atoms with E-state index >= 15 is 0 Å². The maximum atomic E-state index is 12.2. The molecule has 1 aliphatic rings. The highest BCUT2D eigenvalue weighted by Gasteiger charge is 2.32. The fraction of sp³-hybridized carbons (Fsp3) is 0.700. The van der Waals surface area contributed by atoms with Crippen molar-refractivity contribution in [2.75, 3.05) is 13.1 Å². The van der Waals surface area contributed by atoms with Crippen molar-refractivity contribution in [3.05, 3.63) is 12.0 Å². The molecule has 0 saturated carbocycles. The lowest BCUT2D eigenvalue weighted by molar-refractivity contribution is 0.451. The Labute approximate surface area is 95.9 Å². The number of hydrogen-bond acceptors (Lipinski definition) is 3. The molecule has 1 unspecified atom stereocenters. The molecule has 1 aromatic rings. The van der Waals surface area contributed by atoms with Gasteiger partial charge >= 0.3 is 0 Å². The molecule has 90 valence electrons. The highest BCUT2D eigenvalue weighted by Crippen LogP contribution is 2.24. The maximum Gasteiger partial charge on any atom is 0.260 e. The van der Waals surface area contributed by atoms with E-state index in [1.54, 1.807) is 11.2 Å². The van der Waals surface area contributed by atoms with Gasteiger partial charge in [-0.2, -0.15) is 4.31 Å². The van der Waals surface area contributed by atoms with E-state index in [1.807, 2.05) is 0 Å². The third-order valence-corrected chi connectivity index (χ3v) is 4.90. The Morgan fingerprint density at radius 3 is 2.88 bits per heavy atom. The Kier molecular flexibility index (Phi) is 3.03. The molecule has 1 saturated heterocycles. The molecule has 1 aliphatic heterocycles. The van der Waals surface area contributed by atoms with Crippen molar-refractivity contribution in [1.29, 1.82) is 0 Å². The first-order valence-electron chi connectivity index (χ1n) is 5.55. The molecule has 1 atom stereocenters. The summed E-state index contributed by atoms with van der Waals surface area (Å²) in [6, 6.07) is 0. The van der Waals surface area contributed by atoms with E-state index in [0.717, 1.165) is 12.8 Å². The van der Waals surface area contributed by atoms with Gasteiger partial charge < -0.3 is 4.98 Å². The lowest BCUT2D eigenvalue weighted by Gasteiger charge is -2.14. The lowest BCUT2D eigenvalue weighted by Crippen LogP contribution is -2.29. The van der Waals surface area contributed by atoms with Crippen molar-refractivity contribution in [2.45, 2.75) is 31.7 Å². The van der Waals surface area contributed by atoms with Crippen LogP contribution in [0.15, 0.2) is 11.2 Å². The first kappa shape index (κ1) is 11.6. The van der Waals surface area contributed by atoms with Gasteiger partial charge in [0, 0.05) is 13.1 Å². The number of sulfonamides is 1. The van der Waals surface area contributed by atoms with E-state index < -0.39 is 10.0 Å². The summed E-state index contributed by atoms with van der Waals surface area (Å²) in [5.74, 6) is 1.13. The first-order chi connectivity index (χ1) is 7.54. The van der Waals surface area contributed by atoms with Crippen molar-refractivity contribution in [3.63, 3.8) is 0 Å². The van der Waals surface area contributed by atoms with Crippen molar-refractivity contribution in [1.82, 2.24) is 14.3 Å². The summed E-state index contributed by atoms with van der Waals surface area (Å²) in [6.45, 7) is 5.11. The SMILES string of the molecule is CCC1CCN(S(=O)(=O)c2cnc(C)[nH]2)C1. The number of hydrogen-bond donors (Lipinski definition) is 1. The molecule has 2 heterocycles. The molecule has 0 spiro atoms. The summed E-state index contributed by atoms with van der Waals surface area (Å²) in [6.07, 6.45) is 3.39. The van der Waals surface area contributed by atoms with E-state index in [1.165, 1.54) is 6.20 Å². The van der Waals surface area contributed by atoms with Crippen LogP contribution in [0.2, 0.25) is 0 Å². The minimum absolute atomic E-state index is 0.210. The van der Waals surface area contributed by atoms with E-state index in [0.29, 0.717) is 24.8 Å². The monoisotopic (exact) mass is 243 g/mol. The van der Waals surface area contributed by atoms with E-state index in [-0.39, 0.29) is 5.03 Å². The molecule has 6 heteroatoms. The van der Waals surface area contributed by atoms with Gasteiger partial charge in [-0.05, 0) is 19.3 Å². The van der Waals surface area contributed by atoms with Crippen LogP contribution in [0, 0.1) is 12.8 Å². The van der Waals surface area contributed by atoms with Crippen LogP contribution in [0.1, 0.15) is 25.6 Å². The van der Waals surface area contributed by atoms with Crippen molar-refractivity contribution >= 4 is 10.0 Å². The smallest absolute Gasteiger partial charge is 0.260 e. The summed E-state index contributed by atoms with van der Waals surface area (Å²) in [5.41, 5.74) is 0. The predicted molar refractivity (Wildman–Crippen MR) is 60.5 cm³/mol. The molecule has 16 heavy (non-hydrogen) atoms. The number of aromatic amines is 1. The molecule has 1 aromatic heterocycles. The summed E-state index contributed by atoms with van der Waals surface area (Å²) < 4.78 is 25.9. The lowest BCUT2D eigenvalue weighted by atomic mass is 10.1. The summed E-state index contributed by atoms with van der Waals surface area (Å²) in [5, 5.41) is 0.210. The average molecular weight is 243 g/mol. The van der Waals surface area contributed by atoms with Gasteiger partial charge in [0.1, 0.15) is 5.82 Å². The molecule has 5 nitrogen and oxygen atoms in total. The molecule has 0 aromatic carbocycles. The third kappa shape index (κ3) is 1.99. The Morgan fingerprint density at radius 2 is 2.38 bits per heavy atom. The third-order valence-electron chi connectivity index (χ3n) is 3.12. The Morgan fingerprint density at radius 1 is 1.62 bits per heavy atom. The molecule has 0 bridgehead atoms. The second-order valence-corrected chi connectivity index (χ2v) is 6.17. The molecular formula is C10H17N3O2S. The van der Waals surface area contributed by atoms with Crippen molar-refractivity contribution < 1.29 is 8.42 Å². The first-order valence-corrected chi connectivity index (χ1v) is 6.99. The van der Waals surface area contributed by atoms with Crippen LogP contribution in [-0.2, 0) is 10.0 Å². The zero-order chi connectivity index (χ0) is 11.8. The predicted octanol–water partition coefficient (Wildman–Crippen LogP) is 1.14. The fourth-order valence-corrected chi connectivity index (χ4v) is 3.51. The van der Waals surface area contributed by atoms with Gasteiger partial charge in [0.2, 0.25) is 0 Å². The van der Waals surface area contributed by atoms with Crippen LogP contribution >= 0.6 is 0 Å². The summed E-state index contributed by atoms with van der Waals surface area (Å²) >= 11 is 0. The molecule has 0 aliphatic carbocycles. The normalized spacial score (nSPS) is 22.8. The standard InChI is InChI=1S/C10H17N3O2S/c1-3-9-4-5-13(7-9)16(14,15)10-6-11-8(2)12-10/h6,9H,3-5,7H2,1-2H3,(H,11,12). The van der Waals surface area contributed by atoms with Gasteiger partial charge in [-0.15, -0.1) is 0 Å². The second-order valence-electron chi connectivity index (χ2n) is 4.26. The van der Waals surface area contributed by atoms with E-state index in [4.69, 9.17) is 0 Å². The fourth-order valence-electron chi connectivity index (χ4n) is 2.02. The second kappa shape index (κ2) is 4.18. The van der Waals surface area contributed by atoms with Crippen LogP contribution < -0.4 is 0 Å². The van der Waals surface area contributed by atoms with Gasteiger partial charge in [0.25, 0.3) is 10.0 Å². The van der Waals surface area contributed by atoms with Crippen LogP contribution in [0.25, 0.3) is 0 Å². The van der Waals surface area contributed by atoms with E-state index in [9.17, 15) is 8.42 Å². The summed E-state index contributed by atoms with van der Waals surface area (Å²) in [4.78, 5) is 6.72. The zero-order valence-electron chi connectivity index (χ0n) is 9.60. The number of nitrogens with zero attached hydrogens (tertiary/aromatic N) is 2. The molecule has 0 radical (unpaired) electrons. The quantitative estimate of drug-likeness (QED) is 0.865. The van der Waals surface area contributed by atoms with Crippen LogP contribution in [0.4, 0.5) is 0 Å². The van der Waals surface area contributed by atoms with Crippen LogP contribution in [0.3, 0.4) is 0 Å². The largest absolute Gasteiger partial charge is 0.332 e. The number of rotatable bonds is 3. The molecule has 2 rings (SSSR count). The van der Waals surface area contributed by atoms with Gasteiger partial charge in [0.15, 0.2) is 5.03 Å². The summed E-state index contributed by atoms with van der Waals surface area (Å²) in [7, 11) is -3.35. The van der Waals surface area contributed by atoms with Gasteiger partial charge in [0.05, 0.1) is 6.20 Å². The highest BCUT2D eigenvalue weighted by molar-refractivity contribution is 7.89. The number of nitrogens with one attached hydrogen (secondary N) is 1. The average Bonchev–Trinajstić information content (AvgIpc) is 2.85. The van der Waals surface area contributed by atoms with Gasteiger partial charge in [-0.1, -0.05) is 13.3 Å². The van der Waals surface area contributed by atoms with Gasteiger partial charge in [-0.3, -0.25) is 0 Å². The topological polar surface area (TPSA) is 66.1 Å². The minimum atomic E-state index is -3.35. The number of aryl methyl sites for hydroxylation is 1. The molecule has 0 amide bonds. The molecular weight excluding hydrogens is 226 g/mol. The molecule has 1 fully saturated rings. The Balaban J connectivity index is 2.21. The van der Waals surface area contributed by atoms with Crippen molar-refractivity contribution in [2.24, 2.45) is 5.92 Å². The number of aromatic nitrogens is 2. The van der Waals surface area contributed by atoms with Gasteiger partial charge in [-0.25, -0.2) is 13.4 Å². The Bertz CT molecular complexity index is 466. The molecule has 1 N–H and O–H groups in total. The van der Waals surface area contributed by atoms with E-state index in [2.05, 4.69) is 16.9 Å². The zero-order valence-corrected chi connectivity index (χ0v) is 10.4. The Hall–Kier alpha value is -0.880. The minimum Gasteiger partial charge on any atom is -0.332 e. The number of imidazole rings is 1. The van der Waals surface area contributed by atoms with Crippen LogP contribution in [-0.4, -0.2) is 35.8 Å².